The number of anilines is 1. The zero-order valence-corrected chi connectivity index (χ0v) is 11.0. The Hall–Kier alpha value is -2.21. The number of ether oxygens (including phenoxy) is 1. The summed E-state index contributed by atoms with van der Waals surface area (Å²) in [7, 11) is 1.58. The molecule has 2 heterocycles. The number of rotatable bonds is 3. The molecule has 0 fully saturated rings. The van der Waals surface area contributed by atoms with Gasteiger partial charge in [-0.2, -0.15) is 0 Å². The van der Waals surface area contributed by atoms with E-state index in [-0.39, 0.29) is 0 Å². The summed E-state index contributed by atoms with van der Waals surface area (Å²) >= 11 is 1.34. The van der Waals surface area contributed by atoms with E-state index in [0.717, 1.165) is 10.5 Å². The van der Waals surface area contributed by atoms with Crippen molar-refractivity contribution < 1.29 is 9.15 Å². The highest BCUT2D eigenvalue weighted by Gasteiger charge is 2.09. The van der Waals surface area contributed by atoms with Crippen molar-refractivity contribution >= 4 is 28.5 Å². The molecule has 0 saturated carbocycles. The predicted octanol–water partition coefficient (Wildman–Crippen LogP) is 2.96. The molecule has 2 N–H and O–H groups in total. The van der Waals surface area contributed by atoms with Crippen molar-refractivity contribution in [1.82, 2.24) is 9.97 Å². The first-order valence-electron chi connectivity index (χ1n) is 5.59. The Bertz CT molecular complexity index is 727. The highest BCUT2D eigenvalue weighted by molar-refractivity contribution is 7.99. The van der Waals surface area contributed by atoms with E-state index < -0.39 is 0 Å². The molecule has 96 valence electrons. The summed E-state index contributed by atoms with van der Waals surface area (Å²) in [6.45, 7) is 0. The summed E-state index contributed by atoms with van der Waals surface area (Å²) in [6, 6.07) is 10.9. The van der Waals surface area contributed by atoms with Gasteiger partial charge in [-0.15, -0.1) is 0 Å². The maximum absolute atomic E-state index is 5.71. The van der Waals surface area contributed by atoms with Gasteiger partial charge in [0.2, 0.25) is 5.88 Å². The smallest absolute Gasteiger partial charge is 0.263 e. The van der Waals surface area contributed by atoms with E-state index in [1.807, 2.05) is 12.1 Å². The maximum Gasteiger partial charge on any atom is 0.263 e. The van der Waals surface area contributed by atoms with Crippen LogP contribution in [0, 0.1) is 0 Å². The molecule has 0 spiro atoms. The van der Waals surface area contributed by atoms with Crippen molar-refractivity contribution in [1.29, 1.82) is 0 Å². The standard InChI is InChI=1S/C13H11N3O2S/c1-17-11-3-2-4-12(16-11)19-13-15-9-7-8(14)5-6-10(9)18-13/h2-7H,14H2,1H3. The lowest BCUT2D eigenvalue weighted by atomic mass is 10.3. The Morgan fingerprint density at radius 3 is 2.95 bits per heavy atom. The van der Waals surface area contributed by atoms with E-state index in [1.165, 1.54) is 11.8 Å². The molecule has 0 saturated heterocycles. The van der Waals surface area contributed by atoms with Crippen LogP contribution in [0.25, 0.3) is 11.1 Å². The third kappa shape index (κ3) is 2.48. The molecule has 19 heavy (non-hydrogen) atoms. The number of methoxy groups -OCH3 is 1. The molecule has 0 amide bonds. The van der Waals surface area contributed by atoms with E-state index in [4.69, 9.17) is 14.9 Å². The molecule has 0 atom stereocenters. The maximum atomic E-state index is 5.71. The highest BCUT2D eigenvalue weighted by atomic mass is 32.2. The summed E-state index contributed by atoms with van der Waals surface area (Å²) in [4.78, 5) is 8.65. The number of fused-ring (bicyclic) bond motifs is 1. The molecule has 0 aliphatic carbocycles. The van der Waals surface area contributed by atoms with Crippen molar-refractivity contribution in [2.45, 2.75) is 10.2 Å². The van der Waals surface area contributed by atoms with Crippen LogP contribution in [0.1, 0.15) is 0 Å². The number of nitrogens with zero attached hydrogens (tertiary/aromatic N) is 2. The van der Waals surface area contributed by atoms with Crippen molar-refractivity contribution in [3.05, 3.63) is 36.4 Å². The van der Waals surface area contributed by atoms with Crippen LogP contribution in [0.4, 0.5) is 5.69 Å². The summed E-state index contributed by atoms with van der Waals surface area (Å²) in [6.07, 6.45) is 0. The second-order valence-corrected chi connectivity index (χ2v) is 4.80. The Morgan fingerprint density at radius 2 is 2.11 bits per heavy atom. The van der Waals surface area contributed by atoms with Crippen LogP contribution in [0.5, 0.6) is 5.88 Å². The van der Waals surface area contributed by atoms with Gasteiger partial charge in [0.25, 0.3) is 5.22 Å². The SMILES string of the molecule is COc1cccc(Sc2nc3cc(N)ccc3o2)n1. The van der Waals surface area contributed by atoms with Gasteiger partial charge in [0, 0.05) is 11.8 Å². The number of hydrogen-bond acceptors (Lipinski definition) is 6. The van der Waals surface area contributed by atoms with Gasteiger partial charge in [-0.3, -0.25) is 0 Å². The number of aromatic nitrogens is 2. The van der Waals surface area contributed by atoms with Gasteiger partial charge in [-0.05, 0) is 36.0 Å². The quantitative estimate of drug-likeness (QED) is 0.739. The van der Waals surface area contributed by atoms with Gasteiger partial charge in [-0.25, -0.2) is 9.97 Å². The molecule has 0 aliphatic heterocycles. The zero-order chi connectivity index (χ0) is 13.2. The van der Waals surface area contributed by atoms with Gasteiger partial charge in [0.05, 0.1) is 7.11 Å². The third-order valence-electron chi connectivity index (χ3n) is 2.49. The van der Waals surface area contributed by atoms with Crippen molar-refractivity contribution in [2.75, 3.05) is 12.8 Å². The van der Waals surface area contributed by atoms with Gasteiger partial charge >= 0.3 is 0 Å². The lowest BCUT2D eigenvalue weighted by Gasteiger charge is -1.99. The van der Waals surface area contributed by atoms with Crippen molar-refractivity contribution in [3.8, 4) is 5.88 Å². The summed E-state index contributed by atoms with van der Waals surface area (Å²) in [5, 5.41) is 1.29. The van der Waals surface area contributed by atoms with E-state index in [9.17, 15) is 0 Å². The first-order valence-corrected chi connectivity index (χ1v) is 6.41. The summed E-state index contributed by atoms with van der Waals surface area (Å²) in [5.41, 5.74) is 7.82. The molecule has 0 radical (unpaired) electrons. The number of pyridine rings is 1. The van der Waals surface area contributed by atoms with Gasteiger partial charge < -0.3 is 14.9 Å². The molecule has 3 aromatic rings. The first-order chi connectivity index (χ1) is 9.24. The Labute approximate surface area is 113 Å². The van der Waals surface area contributed by atoms with Gasteiger partial charge in [0.1, 0.15) is 10.5 Å². The second-order valence-electron chi connectivity index (χ2n) is 3.83. The van der Waals surface area contributed by atoms with E-state index >= 15 is 0 Å². The molecule has 1 aromatic carbocycles. The number of nitrogen functional groups attached to an aromatic ring is 1. The molecule has 3 rings (SSSR count). The Kier molecular flexibility index (Phi) is 3.00. The fourth-order valence-corrected chi connectivity index (χ4v) is 2.36. The minimum Gasteiger partial charge on any atom is -0.481 e. The monoisotopic (exact) mass is 273 g/mol. The molecule has 2 aromatic heterocycles. The fraction of sp³-hybridized carbons (Fsp3) is 0.0769. The lowest BCUT2D eigenvalue weighted by Crippen LogP contribution is -1.87. The van der Waals surface area contributed by atoms with Crippen molar-refractivity contribution in [2.24, 2.45) is 0 Å². The summed E-state index contributed by atoms with van der Waals surface area (Å²) < 4.78 is 10.7. The number of hydrogen-bond donors (Lipinski definition) is 1. The van der Waals surface area contributed by atoms with Gasteiger partial charge in [-0.1, -0.05) is 6.07 Å². The largest absolute Gasteiger partial charge is 0.481 e. The predicted molar refractivity (Wildman–Crippen MR) is 73.3 cm³/mol. The highest BCUT2D eigenvalue weighted by Crippen LogP contribution is 2.30. The first kappa shape index (κ1) is 11.9. The van der Waals surface area contributed by atoms with E-state index in [2.05, 4.69) is 9.97 Å². The number of oxazole rings is 1. The molecule has 5 nitrogen and oxygen atoms in total. The van der Waals surface area contributed by atoms with E-state index in [1.54, 1.807) is 31.4 Å². The molecule has 0 unspecified atom stereocenters. The normalized spacial score (nSPS) is 10.8. The fourth-order valence-electron chi connectivity index (χ4n) is 1.62. The second kappa shape index (κ2) is 4.81. The molecular formula is C13H11N3O2S. The Morgan fingerprint density at radius 1 is 1.21 bits per heavy atom. The summed E-state index contributed by atoms with van der Waals surface area (Å²) in [5.74, 6) is 0.561. The van der Waals surface area contributed by atoms with Gasteiger partial charge in [0.15, 0.2) is 5.58 Å². The van der Waals surface area contributed by atoms with Crippen LogP contribution in [-0.4, -0.2) is 17.1 Å². The minimum atomic E-state index is 0.529. The van der Waals surface area contributed by atoms with E-state index in [0.29, 0.717) is 22.4 Å². The van der Waals surface area contributed by atoms with Crippen LogP contribution in [-0.2, 0) is 0 Å². The Balaban J connectivity index is 1.92. The molecule has 0 aliphatic rings. The number of nitrogens with two attached hydrogens (primary N) is 1. The van der Waals surface area contributed by atoms with Crippen molar-refractivity contribution in [3.63, 3.8) is 0 Å². The third-order valence-corrected chi connectivity index (χ3v) is 3.28. The topological polar surface area (TPSA) is 74.2 Å². The lowest BCUT2D eigenvalue weighted by molar-refractivity contribution is 0.394. The zero-order valence-electron chi connectivity index (χ0n) is 10.2. The van der Waals surface area contributed by atoms with Crippen LogP contribution in [0.15, 0.2) is 51.1 Å². The minimum absolute atomic E-state index is 0.529. The molecule has 0 bridgehead atoms. The average molecular weight is 273 g/mol. The van der Waals surface area contributed by atoms with Crippen LogP contribution in [0.3, 0.4) is 0 Å². The average Bonchev–Trinajstić information content (AvgIpc) is 2.80. The van der Waals surface area contributed by atoms with Crippen LogP contribution < -0.4 is 10.5 Å². The number of benzene rings is 1. The molecule has 6 heteroatoms. The van der Waals surface area contributed by atoms with Crippen LogP contribution >= 0.6 is 11.8 Å². The van der Waals surface area contributed by atoms with Crippen LogP contribution in [0.2, 0.25) is 0 Å². The molecular weight excluding hydrogens is 262 g/mol.